The van der Waals surface area contributed by atoms with E-state index in [4.69, 9.17) is 14.2 Å². The minimum atomic E-state index is -0.846. The smallest absolute Gasteiger partial charge is 0.407 e. The molecule has 5 atom stereocenters. The number of alkyl carbamates (subject to hydrolysis) is 2. The van der Waals surface area contributed by atoms with Crippen LogP contribution in [0.15, 0.2) is 72.8 Å². The zero-order valence-corrected chi connectivity index (χ0v) is 37.6. The lowest BCUT2D eigenvalue weighted by Crippen LogP contribution is -2.54. The fourth-order valence-electron chi connectivity index (χ4n) is 10.0. The van der Waals surface area contributed by atoms with Crippen LogP contribution in [0.2, 0.25) is 0 Å². The third-order valence-electron chi connectivity index (χ3n) is 14.1. The summed E-state index contributed by atoms with van der Waals surface area (Å²) in [6.45, 7) is 8.30. The van der Waals surface area contributed by atoms with Crippen LogP contribution in [0.3, 0.4) is 0 Å². The number of carbonyl (C=O) groups excluding carboxylic acids is 6. The molecular formula is C49H57N7O9. The van der Waals surface area contributed by atoms with Gasteiger partial charge in [0, 0.05) is 47.0 Å². The maximum atomic E-state index is 14.1. The van der Waals surface area contributed by atoms with Gasteiger partial charge < -0.3 is 49.8 Å². The van der Waals surface area contributed by atoms with Crippen LogP contribution in [0.25, 0.3) is 22.2 Å². The lowest BCUT2D eigenvalue weighted by Gasteiger charge is -2.31. The Morgan fingerprint density at radius 2 is 1.17 bits per heavy atom. The monoisotopic (exact) mass is 887 g/mol. The molecule has 9 rings (SSSR count). The van der Waals surface area contributed by atoms with Crippen LogP contribution >= 0.6 is 0 Å². The van der Waals surface area contributed by atoms with E-state index in [1.54, 1.807) is 9.80 Å². The van der Waals surface area contributed by atoms with Crippen LogP contribution in [0.1, 0.15) is 78.0 Å². The number of carbonyl (C=O) groups is 6. The molecular weight excluding hydrogens is 831 g/mol. The van der Waals surface area contributed by atoms with Gasteiger partial charge in [-0.05, 0) is 97.6 Å². The van der Waals surface area contributed by atoms with Gasteiger partial charge >= 0.3 is 12.2 Å². The molecule has 4 aromatic rings. The number of amides is 6. The van der Waals surface area contributed by atoms with E-state index in [0.717, 1.165) is 53.4 Å². The van der Waals surface area contributed by atoms with Crippen molar-refractivity contribution in [1.29, 1.82) is 0 Å². The van der Waals surface area contributed by atoms with Crippen molar-refractivity contribution in [2.75, 3.05) is 37.9 Å². The number of anilines is 2. The average molecular weight is 888 g/mol. The Morgan fingerprint density at radius 3 is 1.66 bits per heavy atom. The summed E-state index contributed by atoms with van der Waals surface area (Å²) in [5, 5.41) is 12.4. The molecule has 6 amide bonds. The van der Waals surface area contributed by atoms with Crippen molar-refractivity contribution in [3.8, 4) is 17.0 Å². The molecule has 2 spiro atoms. The van der Waals surface area contributed by atoms with E-state index in [1.807, 2.05) is 94.4 Å². The molecule has 65 heavy (non-hydrogen) atoms. The molecule has 2 saturated carbocycles. The van der Waals surface area contributed by atoms with E-state index in [2.05, 4.69) is 31.9 Å². The van der Waals surface area contributed by atoms with Gasteiger partial charge in [0.05, 0.1) is 25.4 Å². The van der Waals surface area contributed by atoms with Crippen LogP contribution in [0.4, 0.5) is 21.0 Å². The Balaban J connectivity index is 0.977. The van der Waals surface area contributed by atoms with Crippen LogP contribution < -0.4 is 26.0 Å². The number of nitrogens with zero attached hydrogens (tertiary/aromatic N) is 3. The molecule has 1 aromatic heterocycles. The van der Waals surface area contributed by atoms with Gasteiger partial charge in [0.2, 0.25) is 29.9 Å². The quantitative estimate of drug-likeness (QED) is 0.128. The number of benzene rings is 3. The van der Waals surface area contributed by atoms with Gasteiger partial charge in [0.25, 0.3) is 0 Å². The van der Waals surface area contributed by atoms with E-state index in [1.165, 1.54) is 14.2 Å². The molecule has 4 heterocycles. The third-order valence-corrected chi connectivity index (χ3v) is 14.1. The zero-order chi connectivity index (χ0) is 45.9. The average Bonchev–Trinajstić information content (AvgIpc) is 4.09. The molecule has 5 aliphatic rings. The van der Waals surface area contributed by atoms with E-state index in [9.17, 15) is 28.8 Å². The first kappa shape index (κ1) is 43.7. The minimum absolute atomic E-state index is 0.0881. The Morgan fingerprint density at radius 1 is 0.662 bits per heavy atom. The Kier molecular flexibility index (Phi) is 11.3. The zero-order valence-electron chi connectivity index (χ0n) is 37.6. The predicted molar refractivity (Wildman–Crippen MR) is 242 cm³/mol. The largest absolute Gasteiger partial charge is 0.465 e. The van der Waals surface area contributed by atoms with E-state index in [0.29, 0.717) is 43.1 Å². The summed E-state index contributed by atoms with van der Waals surface area (Å²) in [6.07, 6.45) is 2.87. The fraction of sp³-hybridized carbons (Fsp3) is 0.469. The van der Waals surface area contributed by atoms with Crippen molar-refractivity contribution in [3.63, 3.8) is 0 Å². The first-order valence-electron chi connectivity index (χ1n) is 22.5. The van der Waals surface area contributed by atoms with Gasteiger partial charge in [-0.2, -0.15) is 0 Å². The highest BCUT2D eigenvalue weighted by Gasteiger charge is 2.57. The standard InChI is InChI=1S/C49H57N7O9/c1-27(2)39(52-46(61)63-5)43(59)54-25-48(16-17-48)23-36(54)41(57)50-31-13-15-34-30(20-31)21-35-33-14-12-32(22-38(33)65-45(56(34)35)29-10-8-7-9-11-29)51-42(58)37-24-49(18-19-49)26-55(37)44(60)40(28(3)4)53-47(62)64-6/h7-15,20-22,27-28,36-37,39-40,45H,16-19,23-26H2,1-6H3,(H,50,57)(H,51,58)(H,52,61)(H,53,62)/t36-,37-,39?,40-,45?/m0/s1. The molecule has 4 N–H and O–H groups in total. The molecule has 2 unspecified atom stereocenters. The number of nitrogens with one attached hydrogen (secondary N) is 4. The summed E-state index contributed by atoms with van der Waals surface area (Å²) in [4.78, 5) is 83.8. The van der Waals surface area contributed by atoms with Crippen LogP contribution in [-0.4, -0.2) is 102 Å². The minimum Gasteiger partial charge on any atom is -0.465 e. The summed E-state index contributed by atoms with van der Waals surface area (Å²) in [5.41, 5.74) is 4.36. The molecule has 0 bridgehead atoms. The molecule has 2 aliphatic carbocycles. The number of ether oxygens (including phenoxy) is 3. The molecule has 2 saturated heterocycles. The number of aromatic nitrogens is 1. The second kappa shape index (κ2) is 16.8. The van der Waals surface area contributed by atoms with Gasteiger partial charge in [0.15, 0.2) is 0 Å². The molecule has 3 aliphatic heterocycles. The molecule has 342 valence electrons. The van der Waals surface area contributed by atoms with Gasteiger partial charge in [-0.1, -0.05) is 58.0 Å². The maximum absolute atomic E-state index is 14.1. The number of likely N-dealkylation sites (tertiary alicyclic amines) is 2. The van der Waals surface area contributed by atoms with Crippen LogP contribution in [0, 0.1) is 22.7 Å². The summed E-state index contributed by atoms with van der Waals surface area (Å²) in [5.74, 6) is -1.10. The number of hydrogen-bond donors (Lipinski definition) is 4. The number of rotatable bonds is 11. The lowest BCUT2D eigenvalue weighted by molar-refractivity contribution is -0.139. The first-order valence-corrected chi connectivity index (χ1v) is 22.5. The highest BCUT2D eigenvalue weighted by Crippen LogP contribution is 2.56. The van der Waals surface area contributed by atoms with Crippen LogP contribution in [-0.2, 0) is 28.7 Å². The summed E-state index contributed by atoms with van der Waals surface area (Å²) in [6, 6.07) is 20.1. The normalized spacial score (nSPS) is 21.6. The molecule has 16 nitrogen and oxygen atoms in total. The van der Waals surface area contributed by atoms with Crippen molar-refractivity contribution in [3.05, 3.63) is 78.4 Å². The summed E-state index contributed by atoms with van der Waals surface area (Å²) >= 11 is 0. The number of fused-ring (bicyclic) bond motifs is 5. The topological polar surface area (TPSA) is 190 Å². The predicted octanol–water partition coefficient (Wildman–Crippen LogP) is 6.65. The maximum Gasteiger partial charge on any atom is 0.407 e. The summed E-state index contributed by atoms with van der Waals surface area (Å²) < 4.78 is 18.5. The van der Waals surface area contributed by atoms with E-state index < -0.39 is 42.6 Å². The fourth-order valence-corrected chi connectivity index (χ4v) is 10.0. The second-order valence-corrected chi connectivity index (χ2v) is 19.3. The van der Waals surface area contributed by atoms with Crippen molar-refractivity contribution in [2.24, 2.45) is 22.7 Å². The molecule has 3 aromatic carbocycles. The first-order chi connectivity index (χ1) is 31.1. The van der Waals surface area contributed by atoms with Crippen molar-refractivity contribution in [1.82, 2.24) is 25.0 Å². The molecule has 4 fully saturated rings. The van der Waals surface area contributed by atoms with Crippen LogP contribution in [0.5, 0.6) is 5.75 Å². The third kappa shape index (κ3) is 8.34. The number of methoxy groups -OCH3 is 2. The van der Waals surface area contributed by atoms with Crippen molar-refractivity contribution < 1.29 is 43.0 Å². The highest BCUT2D eigenvalue weighted by atomic mass is 16.5. The molecule has 0 radical (unpaired) electrons. The van der Waals surface area contributed by atoms with Crippen molar-refractivity contribution in [2.45, 2.75) is 96.6 Å². The Bertz CT molecular complexity index is 2560. The van der Waals surface area contributed by atoms with Gasteiger partial charge in [-0.25, -0.2) is 9.59 Å². The Labute approximate surface area is 377 Å². The number of hydrogen-bond acceptors (Lipinski definition) is 9. The van der Waals surface area contributed by atoms with Crippen molar-refractivity contribution >= 4 is 58.1 Å². The highest BCUT2D eigenvalue weighted by molar-refractivity contribution is 6.02. The Hall–Kier alpha value is -6.58. The van der Waals surface area contributed by atoms with E-state index >= 15 is 0 Å². The van der Waals surface area contributed by atoms with Gasteiger partial charge in [-0.3, -0.25) is 19.2 Å². The summed E-state index contributed by atoms with van der Waals surface area (Å²) in [7, 11) is 2.51. The second-order valence-electron chi connectivity index (χ2n) is 19.3. The SMILES string of the molecule is COC(=O)NC(C(=O)N1CC2(CC2)C[C@H]1C(=O)Nc1ccc2c(c1)cc1n2C(c2ccccc2)Oc2cc(NC(=O)[C@@H]3CC4(CC4)CN3C(=O)[C@@H](NC(=O)OC)C(C)C)ccc2-1)C(C)C. The van der Waals surface area contributed by atoms with Gasteiger partial charge in [0.1, 0.15) is 29.9 Å². The van der Waals surface area contributed by atoms with Gasteiger partial charge in [-0.15, -0.1) is 0 Å². The lowest BCUT2D eigenvalue weighted by atomic mass is 10.0. The molecule has 16 heteroatoms. The van der Waals surface area contributed by atoms with E-state index in [-0.39, 0.29) is 46.3 Å².